The number of benzene rings is 3. The number of carbonyl (C=O) groups excluding carboxylic acids is 12. The second-order valence-corrected chi connectivity index (χ2v) is 35.7. The van der Waals surface area contributed by atoms with Crippen molar-refractivity contribution in [3.8, 4) is 17.2 Å². The average molecular weight is 1670 g/mol. The van der Waals surface area contributed by atoms with E-state index in [1.807, 2.05) is 54.6 Å². The Hall–Kier alpha value is -10.5. The van der Waals surface area contributed by atoms with E-state index in [0.717, 1.165) is 155 Å². The quantitative estimate of drug-likeness (QED) is 0.0243. The number of hydrogen-bond donors (Lipinski definition) is 12. The van der Waals surface area contributed by atoms with Crippen molar-refractivity contribution in [3.63, 3.8) is 0 Å². The van der Waals surface area contributed by atoms with Crippen molar-refractivity contribution in [2.75, 3.05) is 41.0 Å². The van der Waals surface area contributed by atoms with Gasteiger partial charge in [-0.25, -0.2) is 4.79 Å². The number of likely N-dealkylation sites (tertiary alicyclic amines) is 3. The van der Waals surface area contributed by atoms with Crippen LogP contribution in [0.1, 0.15) is 205 Å². The van der Waals surface area contributed by atoms with Crippen LogP contribution in [0.3, 0.4) is 0 Å². The van der Waals surface area contributed by atoms with Gasteiger partial charge in [0, 0.05) is 114 Å². The lowest BCUT2D eigenvalue weighted by Gasteiger charge is -2.31. The first-order valence-corrected chi connectivity index (χ1v) is 43.7. The van der Waals surface area contributed by atoms with Gasteiger partial charge in [0.25, 0.3) is 35.4 Å². The number of carboxylic acids is 1. The Labute approximate surface area is 700 Å². The van der Waals surface area contributed by atoms with Crippen LogP contribution in [0.25, 0.3) is 32.7 Å². The first-order chi connectivity index (χ1) is 58.3. The minimum Gasteiger partial charge on any atom is -0.496 e. The highest BCUT2D eigenvalue weighted by Gasteiger charge is 2.54. The number of rotatable bonds is 26. The number of methoxy groups -OCH3 is 3. The third kappa shape index (κ3) is 18.9. The van der Waals surface area contributed by atoms with Gasteiger partial charge in [0.1, 0.15) is 75.9 Å². The third-order valence-corrected chi connectivity index (χ3v) is 27.6. The van der Waals surface area contributed by atoms with Crippen molar-refractivity contribution in [2.24, 2.45) is 59.0 Å². The number of aliphatic hydroxyl groups excluding tert-OH is 2. The Morgan fingerprint density at radius 2 is 0.810 bits per heavy atom. The molecule has 0 radical (unpaired) electrons. The molecule has 12 aliphatic rings. The number of aliphatic carboxylic acids is 1. The number of aromatic amines is 3. The van der Waals surface area contributed by atoms with E-state index in [-0.39, 0.29) is 119 Å². The predicted molar refractivity (Wildman–Crippen MR) is 442 cm³/mol. The summed E-state index contributed by atoms with van der Waals surface area (Å²) in [5.74, 6) is -2.37. The molecule has 6 heterocycles. The third-order valence-electron chi connectivity index (χ3n) is 27.6. The van der Waals surface area contributed by atoms with E-state index in [2.05, 4.69) is 41.5 Å². The number of carboxylic acid groups (broad SMARTS) is 1. The zero-order chi connectivity index (χ0) is 85.2. The molecule has 648 valence electrons. The van der Waals surface area contributed by atoms with Crippen LogP contribution in [-0.4, -0.2) is 229 Å². The lowest BCUT2D eigenvalue weighted by Crippen LogP contribution is -2.57. The minimum atomic E-state index is -1.47. The van der Waals surface area contributed by atoms with Crippen molar-refractivity contribution in [2.45, 2.75) is 240 Å². The van der Waals surface area contributed by atoms with Crippen LogP contribution < -0.4 is 46.5 Å². The number of nitrogens with one attached hydrogen (secondary N) is 8. The normalized spacial score (nSPS) is 26.9. The highest BCUT2D eigenvalue weighted by atomic mass is 16.5. The SMILES string of the molecule is COc1cccc2[nH]c(C(=O)N3C[C@@H]4CCC[C@@H]4[C@H]3C(=O)N[C@@H](C[C@@H]3CCCC3=O)C(=O)C(=O)NC3CC3)cc12.COc1cccc2[nH]c(C(=O)N3C[C@@H]4CCC[C@@H]4[C@H]3C(=O)N[C@@H](C[C@@H]3CCCC3=O)C(O)C(=O)NC3CC3)cc12.COc1cccc2[nH]c(C(=O)N3C[C@@H]4CCC[C@@H]4[C@H]3C(=O)O)cc12.N[C@@H](C[C@@H]1CCCC1=O)C(O)C(=O)NC1CC1. The van der Waals surface area contributed by atoms with Crippen LogP contribution in [0.5, 0.6) is 17.2 Å². The van der Waals surface area contributed by atoms with Gasteiger partial charge >= 0.3 is 5.97 Å². The van der Waals surface area contributed by atoms with Gasteiger partial charge in [-0.1, -0.05) is 37.5 Å². The maximum Gasteiger partial charge on any atom is 0.326 e. The summed E-state index contributed by atoms with van der Waals surface area (Å²) in [6.45, 7) is 1.47. The summed E-state index contributed by atoms with van der Waals surface area (Å²) >= 11 is 0. The smallest absolute Gasteiger partial charge is 0.326 e. The number of nitrogens with two attached hydrogens (primary N) is 1. The maximum atomic E-state index is 14.0. The fourth-order valence-electron chi connectivity index (χ4n) is 20.8. The van der Waals surface area contributed by atoms with E-state index in [1.165, 1.54) is 4.90 Å². The van der Waals surface area contributed by atoms with Gasteiger partial charge in [0.2, 0.25) is 17.6 Å². The average Bonchev–Trinajstić information content (AvgIpc) is 1.62. The second-order valence-electron chi connectivity index (χ2n) is 35.7. The Balaban J connectivity index is 0.000000132. The van der Waals surface area contributed by atoms with Crippen molar-refractivity contribution < 1.29 is 91.9 Å². The van der Waals surface area contributed by atoms with E-state index in [4.69, 9.17) is 19.9 Å². The van der Waals surface area contributed by atoms with E-state index in [9.17, 15) is 77.6 Å². The van der Waals surface area contributed by atoms with Crippen molar-refractivity contribution in [1.29, 1.82) is 0 Å². The molecule has 12 fully saturated rings. The molecule has 3 aromatic carbocycles. The topological polar surface area (TPSA) is 454 Å². The number of aliphatic hydroxyl groups is 2. The molecule has 2 unspecified atom stereocenters. The molecule has 121 heavy (non-hydrogen) atoms. The van der Waals surface area contributed by atoms with Crippen molar-refractivity contribution in [3.05, 3.63) is 89.9 Å². The molecule has 3 aliphatic heterocycles. The molecule has 0 spiro atoms. The van der Waals surface area contributed by atoms with E-state index < -0.39 is 83.8 Å². The van der Waals surface area contributed by atoms with Crippen LogP contribution in [0.2, 0.25) is 0 Å². The summed E-state index contributed by atoms with van der Waals surface area (Å²) in [6.07, 6.45) is 18.1. The van der Waals surface area contributed by atoms with E-state index >= 15 is 0 Å². The molecule has 9 saturated carbocycles. The summed E-state index contributed by atoms with van der Waals surface area (Å²) in [6, 6.07) is 17.4. The molecule has 8 amide bonds. The number of Topliss-reactive ketones (excluding diaryl/α,β-unsaturated/α-hetero) is 4. The number of fused-ring (bicyclic) bond motifs is 6. The fraction of sp³-hybridized carbons (Fsp3) is 0.589. The summed E-state index contributed by atoms with van der Waals surface area (Å²) in [4.78, 5) is 181. The highest BCUT2D eigenvalue weighted by molar-refractivity contribution is 6.38. The molecule has 17 atom stereocenters. The predicted octanol–water partition coefficient (Wildman–Crippen LogP) is 7.02. The standard InChI is InChI=1S/C30H38N4O6.C30H36N4O6.C18H20N2O4.C12H20N2O3/c2*1-40-25-10-4-8-21-20(25)14-23(32-21)30(39)34-15-17-6-2-7-19(17)26(34)28(37)33-22(13-16-5-3-9-24(16)35)27(36)29(38)31-18-11-12-18;1-24-15-7-3-6-13-12(15)8-14(19-13)17(21)20-9-10-4-2-5-11(10)16(20)18(22)23;13-9(6-7-2-1-3-10(7)15)11(16)12(17)14-8-4-5-8/h4,8,10,14,16-19,22,26-27,32,36H,2-3,5-7,9,11-13,15H2,1H3,(H,31,38)(H,33,37);4,8,10,14,16-19,22,26,32H,2-3,5-7,9,11-13,15H2,1H3,(H,31,38)(H,33,37);3,6-8,10-11,16,19H,2,4-5,9H2,1H3,(H,22,23);7-9,11,16H,1-6,13H2,(H,14,17)/t16-,17-,19-,22-,26-,27?;16-,17-,19-,22-,26-;10-,11-,16-;7-,9-,11?/m0000/s1. The molecule has 0 bridgehead atoms. The van der Waals surface area contributed by atoms with Crippen molar-refractivity contribution >= 4 is 109 Å². The van der Waals surface area contributed by atoms with Crippen LogP contribution in [-0.2, 0) is 47.9 Å². The Morgan fingerprint density at radius 1 is 0.446 bits per heavy atom. The lowest BCUT2D eigenvalue weighted by molar-refractivity contribution is -0.143. The van der Waals surface area contributed by atoms with E-state index in [1.54, 1.807) is 49.3 Å². The Bertz CT molecular complexity index is 4940. The van der Waals surface area contributed by atoms with Gasteiger partial charge in [0.05, 0.1) is 33.4 Å². The van der Waals surface area contributed by atoms with Gasteiger partial charge in [-0.2, -0.15) is 0 Å². The number of ether oxygens (including phenoxy) is 3. The summed E-state index contributed by atoms with van der Waals surface area (Å²) < 4.78 is 16.2. The van der Waals surface area contributed by atoms with Gasteiger partial charge in [-0.05, 0) is 225 Å². The minimum absolute atomic E-state index is 0.00182. The highest BCUT2D eigenvalue weighted by Crippen LogP contribution is 2.47. The zero-order valence-electron chi connectivity index (χ0n) is 69.0. The Morgan fingerprint density at radius 3 is 1.19 bits per heavy atom. The molecule has 6 aromatic rings. The number of aromatic nitrogens is 3. The van der Waals surface area contributed by atoms with Crippen LogP contribution in [0, 0.1) is 53.3 Å². The summed E-state index contributed by atoms with van der Waals surface area (Å²) in [5, 5.41) is 46.9. The van der Waals surface area contributed by atoms with Gasteiger partial charge < -0.3 is 91.5 Å². The number of carbonyl (C=O) groups is 13. The van der Waals surface area contributed by atoms with Crippen LogP contribution >= 0.6 is 0 Å². The molecule has 3 saturated heterocycles. The van der Waals surface area contributed by atoms with Gasteiger partial charge in [0.15, 0.2) is 6.10 Å². The number of ketones is 4. The molecule has 13 N–H and O–H groups in total. The second kappa shape index (κ2) is 37.0. The molecule has 31 nitrogen and oxygen atoms in total. The monoisotopic (exact) mass is 1670 g/mol. The van der Waals surface area contributed by atoms with Crippen LogP contribution in [0.4, 0.5) is 0 Å². The maximum absolute atomic E-state index is 14.0. The van der Waals surface area contributed by atoms with Crippen LogP contribution in [0.15, 0.2) is 72.8 Å². The number of amides is 8. The zero-order valence-corrected chi connectivity index (χ0v) is 69.0. The molecular weight excluding hydrogens is 1550 g/mol. The van der Waals surface area contributed by atoms with E-state index in [0.29, 0.717) is 98.4 Å². The molecule has 3 aromatic heterocycles. The van der Waals surface area contributed by atoms with Crippen molar-refractivity contribution in [1.82, 2.24) is 56.2 Å². The number of hydrogen-bond acceptors (Lipinski definition) is 19. The molecular formula is C90H114N12O19. The molecule has 31 heteroatoms. The molecule has 9 aliphatic carbocycles. The van der Waals surface area contributed by atoms with Gasteiger partial charge in [-0.15, -0.1) is 0 Å². The summed E-state index contributed by atoms with van der Waals surface area (Å²) in [5.41, 5.74) is 9.30. The number of nitrogens with zero attached hydrogens (tertiary/aromatic N) is 3. The fourth-order valence-corrected chi connectivity index (χ4v) is 20.8. The largest absolute Gasteiger partial charge is 0.496 e. The first-order valence-electron chi connectivity index (χ1n) is 43.7. The first kappa shape index (κ1) is 85.4. The van der Waals surface area contributed by atoms with Gasteiger partial charge in [-0.3, -0.25) is 57.5 Å². The Kier molecular flexibility index (Phi) is 26.2. The molecule has 18 rings (SSSR count). The summed E-state index contributed by atoms with van der Waals surface area (Å²) in [7, 11) is 4.75. The lowest BCUT2D eigenvalue weighted by atomic mass is 9.91. The number of H-pyrrole nitrogens is 3.